The third kappa shape index (κ3) is 4.13. The first-order valence-electron chi connectivity index (χ1n) is 11.5. The number of aryl methyl sites for hydroxylation is 1. The van der Waals surface area contributed by atoms with Crippen molar-refractivity contribution in [3.8, 4) is 0 Å². The van der Waals surface area contributed by atoms with Crippen LogP contribution in [0.3, 0.4) is 0 Å². The number of aromatic nitrogens is 3. The van der Waals surface area contributed by atoms with E-state index in [0.717, 1.165) is 23.1 Å². The fourth-order valence-corrected chi connectivity index (χ4v) is 5.05. The molecule has 8 heteroatoms. The lowest BCUT2D eigenvalue weighted by atomic mass is 9.89. The third-order valence-electron chi connectivity index (χ3n) is 6.86. The molecule has 2 amide bonds. The molecule has 170 valence electrons. The van der Waals surface area contributed by atoms with Gasteiger partial charge in [-0.2, -0.15) is 5.10 Å². The van der Waals surface area contributed by atoms with Crippen molar-refractivity contribution >= 4 is 28.6 Å². The third-order valence-corrected chi connectivity index (χ3v) is 6.86. The van der Waals surface area contributed by atoms with Crippen molar-refractivity contribution in [2.75, 3.05) is 13.1 Å². The second-order valence-electron chi connectivity index (χ2n) is 8.96. The smallest absolute Gasteiger partial charge is 0.252 e. The SMILES string of the molecule is Cc1[nH]nc2ncc(C(=O)NCCC3c4ccccc4CCN3C(=O)C3CCC(=O)C3)cc12. The maximum absolute atomic E-state index is 13.3. The number of carbonyl (C=O) groups is 3. The van der Waals surface area contributed by atoms with E-state index in [0.29, 0.717) is 50.0 Å². The number of ketones is 1. The van der Waals surface area contributed by atoms with Gasteiger partial charge < -0.3 is 10.2 Å². The number of carbonyl (C=O) groups excluding carboxylic acids is 3. The van der Waals surface area contributed by atoms with Crippen molar-refractivity contribution in [1.29, 1.82) is 0 Å². The number of hydrogen-bond acceptors (Lipinski definition) is 5. The van der Waals surface area contributed by atoms with E-state index in [1.54, 1.807) is 6.07 Å². The van der Waals surface area contributed by atoms with Crippen LogP contribution in [0.4, 0.5) is 0 Å². The minimum Gasteiger partial charge on any atom is -0.352 e. The summed E-state index contributed by atoms with van der Waals surface area (Å²) < 4.78 is 0. The number of aromatic amines is 1. The molecule has 0 saturated heterocycles. The van der Waals surface area contributed by atoms with E-state index >= 15 is 0 Å². The highest BCUT2D eigenvalue weighted by Crippen LogP contribution is 2.35. The van der Waals surface area contributed by atoms with Gasteiger partial charge in [0.1, 0.15) is 5.78 Å². The van der Waals surface area contributed by atoms with Crippen LogP contribution in [-0.4, -0.2) is 50.8 Å². The number of pyridine rings is 1. The van der Waals surface area contributed by atoms with Gasteiger partial charge in [0, 0.05) is 49.1 Å². The van der Waals surface area contributed by atoms with E-state index in [-0.39, 0.29) is 29.6 Å². The maximum atomic E-state index is 13.3. The molecule has 2 N–H and O–H groups in total. The van der Waals surface area contributed by atoms with Crippen LogP contribution in [0.1, 0.15) is 58.9 Å². The summed E-state index contributed by atoms with van der Waals surface area (Å²) >= 11 is 0. The first kappa shape index (κ1) is 21.3. The second-order valence-corrected chi connectivity index (χ2v) is 8.96. The van der Waals surface area contributed by atoms with Gasteiger partial charge in [0.05, 0.1) is 11.6 Å². The molecule has 1 aliphatic heterocycles. The fourth-order valence-electron chi connectivity index (χ4n) is 5.05. The summed E-state index contributed by atoms with van der Waals surface area (Å²) in [5.74, 6) is -0.172. The number of rotatable bonds is 5. The van der Waals surface area contributed by atoms with E-state index in [4.69, 9.17) is 0 Å². The molecule has 2 unspecified atom stereocenters. The molecule has 0 bridgehead atoms. The molecule has 1 aliphatic carbocycles. The van der Waals surface area contributed by atoms with Crippen molar-refractivity contribution in [1.82, 2.24) is 25.4 Å². The molecular weight excluding hydrogens is 418 g/mol. The Labute approximate surface area is 191 Å². The Kier molecular flexibility index (Phi) is 5.66. The summed E-state index contributed by atoms with van der Waals surface area (Å²) in [6.45, 7) is 2.95. The van der Waals surface area contributed by atoms with Gasteiger partial charge in [0.2, 0.25) is 5.91 Å². The molecule has 2 aromatic heterocycles. The zero-order valence-electron chi connectivity index (χ0n) is 18.6. The molecule has 33 heavy (non-hydrogen) atoms. The number of hydrogen-bond donors (Lipinski definition) is 2. The summed E-state index contributed by atoms with van der Waals surface area (Å²) in [7, 11) is 0. The Morgan fingerprint density at radius 3 is 2.91 bits per heavy atom. The van der Waals surface area contributed by atoms with E-state index in [2.05, 4.69) is 32.6 Å². The van der Waals surface area contributed by atoms with Crippen molar-refractivity contribution in [2.45, 2.75) is 45.1 Å². The van der Waals surface area contributed by atoms with Crippen molar-refractivity contribution < 1.29 is 14.4 Å². The van der Waals surface area contributed by atoms with E-state index in [1.807, 2.05) is 24.0 Å². The van der Waals surface area contributed by atoms with Crippen molar-refractivity contribution in [3.63, 3.8) is 0 Å². The Balaban J connectivity index is 1.30. The molecule has 2 atom stereocenters. The lowest BCUT2D eigenvalue weighted by Gasteiger charge is -2.39. The number of nitrogens with zero attached hydrogens (tertiary/aromatic N) is 3. The minimum atomic E-state index is -0.212. The lowest BCUT2D eigenvalue weighted by molar-refractivity contribution is -0.139. The van der Waals surface area contributed by atoms with Gasteiger partial charge in [-0.05, 0) is 43.4 Å². The van der Waals surface area contributed by atoms with Crippen molar-refractivity contribution in [2.24, 2.45) is 5.92 Å². The van der Waals surface area contributed by atoms with Crippen LogP contribution in [-0.2, 0) is 16.0 Å². The van der Waals surface area contributed by atoms with Gasteiger partial charge >= 0.3 is 0 Å². The standard InChI is InChI=1S/C25H27N5O3/c1-15-21-13-18(14-27-23(21)29-28-15)24(32)26-10-8-22-20-5-3-2-4-16(20)9-11-30(22)25(33)17-6-7-19(31)12-17/h2-5,13-14,17,22H,6-12H2,1H3,(H,26,32)(H,27,28,29). The molecular formula is C25H27N5O3. The quantitative estimate of drug-likeness (QED) is 0.628. The van der Waals surface area contributed by atoms with Gasteiger partial charge in [-0.15, -0.1) is 0 Å². The highest BCUT2D eigenvalue weighted by atomic mass is 16.2. The van der Waals surface area contributed by atoms with Crippen molar-refractivity contribution in [3.05, 3.63) is 58.9 Å². The number of Topliss-reactive ketones (excluding diaryl/α,β-unsaturated/α-hetero) is 1. The average molecular weight is 446 g/mol. The Hall–Kier alpha value is -3.55. The molecule has 2 aliphatic rings. The lowest BCUT2D eigenvalue weighted by Crippen LogP contribution is -2.44. The molecule has 1 saturated carbocycles. The molecule has 1 fully saturated rings. The number of fused-ring (bicyclic) bond motifs is 2. The highest BCUT2D eigenvalue weighted by molar-refractivity contribution is 5.97. The fraction of sp³-hybridized carbons (Fsp3) is 0.400. The van der Waals surface area contributed by atoms with Gasteiger partial charge in [0.25, 0.3) is 5.91 Å². The zero-order valence-corrected chi connectivity index (χ0v) is 18.6. The Morgan fingerprint density at radius 1 is 1.24 bits per heavy atom. The topological polar surface area (TPSA) is 108 Å². The largest absolute Gasteiger partial charge is 0.352 e. The van der Waals surface area contributed by atoms with Crippen LogP contribution in [0, 0.1) is 12.8 Å². The van der Waals surface area contributed by atoms with E-state index in [1.165, 1.54) is 11.8 Å². The van der Waals surface area contributed by atoms with Gasteiger partial charge in [-0.3, -0.25) is 19.5 Å². The molecule has 8 nitrogen and oxygen atoms in total. The van der Waals surface area contributed by atoms with Crippen LogP contribution in [0.5, 0.6) is 0 Å². The number of amides is 2. The van der Waals surface area contributed by atoms with Crippen LogP contribution in [0.2, 0.25) is 0 Å². The van der Waals surface area contributed by atoms with Crippen LogP contribution in [0.15, 0.2) is 36.5 Å². The average Bonchev–Trinajstić information content (AvgIpc) is 3.44. The Morgan fingerprint density at radius 2 is 2.09 bits per heavy atom. The normalized spacial score (nSPS) is 20.2. The van der Waals surface area contributed by atoms with Gasteiger partial charge in [-0.1, -0.05) is 24.3 Å². The Bertz CT molecular complexity index is 1230. The molecule has 3 heterocycles. The zero-order chi connectivity index (χ0) is 22.9. The van der Waals surface area contributed by atoms with Gasteiger partial charge in [-0.25, -0.2) is 4.98 Å². The summed E-state index contributed by atoms with van der Waals surface area (Å²) in [5.41, 5.74) is 4.31. The predicted octanol–water partition coefficient (Wildman–Crippen LogP) is 2.88. The van der Waals surface area contributed by atoms with Crippen LogP contribution >= 0.6 is 0 Å². The molecule has 5 rings (SSSR count). The minimum absolute atomic E-state index is 0.0664. The first-order valence-corrected chi connectivity index (χ1v) is 11.5. The monoisotopic (exact) mass is 445 g/mol. The molecule has 0 spiro atoms. The van der Waals surface area contributed by atoms with Crippen LogP contribution < -0.4 is 5.32 Å². The molecule has 0 radical (unpaired) electrons. The molecule has 1 aromatic carbocycles. The maximum Gasteiger partial charge on any atom is 0.252 e. The summed E-state index contributed by atoms with van der Waals surface area (Å²) in [5, 5.41) is 10.8. The van der Waals surface area contributed by atoms with E-state index < -0.39 is 0 Å². The number of benzene rings is 1. The van der Waals surface area contributed by atoms with E-state index in [9.17, 15) is 14.4 Å². The first-order chi connectivity index (χ1) is 16.0. The summed E-state index contributed by atoms with van der Waals surface area (Å²) in [4.78, 5) is 44.0. The molecule has 3 aromatic rings. The number of H-pyrrole nitrogens is 1. The van der Waals surface area contributed by atoms with Crippen LogP contribution in [0.25, 0.3) is 11.0 Å². The predicted molar refractivity (Wildman–Crippen MR) is 123 cm³/mol. The second kappa shape index (κ2) is 8.77. The summed E-state index contributed by atoms with van der Waals surface area (Å²) in [6.07, 6.45) is 4.43. The van der Waals surface area contributed by atoms with Gasteiger partial charge in [0.15, 0.2) is 5.65 Å². The summed E-state index contributed by atoms with van der Waals surface area (Å²) in [6, 6.07) is 9.86. The highest BCUT2D eigenvalue weighted by Gasteiger charge is 2.37. The number of nitrogens with one attached hydrogen (secondary N) is 2.